The lowest BCUT2D eigenvalue weighted by atomic mass is 10.2. The number of carbonyl (C=O) groups is 1. The number of nitrogens with one attached hydrogen (secondary N) is 3. The molecule has 0 fully saturated rings. The molecular formula is C15H23BrN4O. The minimum atomic E-state index is -0.0244. The van der Waals surface area contributed by atoms with Crippen molar-refractivity contribution < 1.29 is 4.79 Å². The topological polar surface area (TPSA) is 65.5 Å². The van der Waals surface area contributed by atoms with Crippen LogP contribution < -0.4 is 16.0 Å². The second kappa shape index (κ2) is 8.67. The van der Waals surface area contributed by atoms with Gasteiger partial charge in [0.05, 0.1) is 0 Å². The van der Waals surface area contributed by atoms with E-state index in [1.54, 1.807) is 7.05 Å². The molecule has 0 saturated carbocycles. The van der Waals surface area contributed by atoms with E-state index in [4.69, 9.17) is 0 Å². The predicted octanol–water partition coefficient (Wildman–Crippen LogP) is 2.66. The molecule has 21 heavy (non-hydrogen) atoms. The van der Waals surface area contributed by atoms with Crippen molar-refractivity contribution in [3.63, 3.8) is 0 Å². The van der Waals surface area contributed by atoms with E-state index < -0.39 is 0 Å². The van der Waals surface area contributed by atoms with Crippen molar-refractivity contribution in [2.75, 3.05) is 18.9 Å². The molecule has 6 heteroatoms. The maximum Gasteiger partial charge on any atom is 0.226 e. The van der Waals surface area contributed by atoms with Crippen LogP contribution in [0.1, 0.15) is 25.8 Å². The Labute approximate surface area is 134 Å². The Bertz CT molecular complexity index is 514. The van der Waals surface area contributed by atoms with Gasteiger partial charge in [-0.1, -0.05) is 22.0 Å². The van der Waals surface area contributed by atoms with Crippen molar-refractivity contribution in [1.82, 2.24) is 10.6 Å². The Hall–Kier alpha value is -1.56. The number of rotatable bonds is 5. The molecule has 0 radical (unpaired) electrons. The molecule has 0 spiro atoms. The number of halogens is 1. The monoisotopic (exact) mass is 354 g/mol. The van der Waals surface area contributed by atoms with Gasteiger partial charge in [-0.15, -0.1) is 0 Å². The largest absolute Gasteiger partial charge is 0.356 e. The van der Waals surface area contributed by atoms with Crippen LogP contribution in [0.3, 0.4) is 0 Å². The minimum absolute atomic E-state index is 0.0244. The van der Waals surface area contributed by atoms with Crippen molar-refractivity contribution in [3.8, 4) is 0 Å². The van der Waals surface area contributed by atoms with Crippen molar-refractivity contribution in [2.24, 2.45) is 4.99 Å². The summed E-state index contributed by atoms with van der Waals surface area (Å²) in [5, 5.41) is 9.20. The number of anilines is 1. The first kappa shape index (κ1) is 17.5. The summed E-state index contributed by atoms with van der Waals surface area (Å²) >= 11 is 3.40. The highest BCUT2D eigenvalue weighted by molar-refractivity contribution is 9.10. The second-order valence-electron chi connectivity index (χ2n) is 5.06. The molecule has 3 N–H and O–H groups in total. The SMILES string of the molecule is CN=C(NCCC(=O)Nc1cc(Br)ccc1C)NC(C)C. The Morgan fingerprint density at radius 3 is 2.71 bits per heavy atom. The molecule has 0 aliphatic heterocycles. The van der Waals surface area contributed by atoms with Crippen molar-refractivity contribution >= 4 is 33.5 Å². The molecule has 5 nitrogen and oxygen atoms in total. The molecule has 0 atom stereocenters. The Morgan fingerprint density at radius 2 is 2.10 bits per heavy atom. The van der Waals surface area contributed by atoms with Gasteiger partial charge in [0.15, 0.2) is 5.96 Å². The molecule has 1 aromatic carbocycles. The molecule has 116 valence electrons. The number of carbonyl (C=O) groups excluding carboxylic acids is 1. The van der Waals surface area contributed by atoms with E-state index in [1.807, 2.05) is 39.0 Å². The van der Waals surface area contributed by atoms with Crippen LogP contribution in [0, 0.1) is 6.92 Å². The zero-order valence-corrected chi connectivity index (χ0v) is 14.5. The van der Waals surface area contributed by atoms with Gasteiger partial charge in [-0.05, 0) is 38.5 Å². The fourth-order valence-electron chi connectivity index (χ4n) is 1.70. The Kier molecular flexibility index (Phi) is 7.22. The first-order chi connectivity index (χ1) is 9.92. The lowest BCUT2D eigenvalue weighted by molar-refractivity contribution is -0.116. The lowest BCUT2D eigenvalue weighted by Gasteiger charge is -2.14. The summed E-state index contributed by atoms with van der Waals surface area (Å²) < 4.78 is 0.947. The zero-order valence-electron chi connectivity index (χ0n) is 13.0. The van der Waals surface area contributed by atoms with E-state index in [1.165, 1.54) is 0 Å². The van der Waals surface area contributed by atoms with Gasteiger partial charge < -0.3 is 16.0 Å². The zero-order chi connectivity index (χ0) is 15.8. The first-order valence-electron chi connectivity index (χ1n) is 6.95. The number of benzene rings is 1. The van der Waals surface area contributed by atoms with Gasteiger partial charge in [-0.3, -0.25) is 9.79 Å². The maximum atomic E-state index is 11.9. The van der Waals surface area contributed by atoms with Crippen molar-refractivity contribution in [2.45, 2.75) is 33.2 Å². The fraction of sp³-hybridized carbons (Fsp3) is 0.467. The summed E-state index contributed by atoms with van der Waals surface area (Å²) in [5.74, 6) is 0.681. The molecule has 0 saturated heterocycles. The van der Waals surface area contributed by atoms with Crippen LogP contribution >= 0.6 is 15.9 Å². The predicted molar refractivity (Wildman–Crippen MR) is 91.8 cm³/mol. The first-order valence-corrected chi connectivity index (χ1v) is 7.75. The number of aryl methyl sites for hydroxylation is 1. The highest BCUT2D eigenvalue weighted by atomic mass is 79.9. The van der Waals surface area contributed by atoms with Crippen LogP contribution in [-0.4, -0.2) is 31.5 Å². The number of amides is 1. The number of hydrogen-bond acceptors (Lipinski definition) is 2. The molecule has 1 aromatic rings. The summed E-state index contributed by atoms with van der Waals surface area (Å²) in [5.41, 5.74) is 1.87. The molecular weight excluding hydrogens is 332 g/mol. The lowest BCUT2D eigenvalue weighted by Crippen LogP contribution is -2.41. The van der Waals surface area contributed by atoms with E-state index in [0.29, 0.717) is 25.0 Å². The molecule has 0 aromatic heterocycles. The van der Waals surface area contributed by atoms with E-state index in [0.717, 1.165) is 15.7 Å². The average Bonchev–Trinajstić information content (AvgIpc) is 2.41. The molecule has 0 aliphatic carbocycles. The van der Waals surface area contributed by atoms with E-state index in [9.17, 15) is 4.79 Å². The van der Waals surface area contributed by atoms with Crippen molar-refractivity contribution in [3.05, 3.63) is 28.2 Å². The van der Waals surface area contributed by atoms with Crippen LogP contribution in [0.5, 0.6) is 0 Å². The molecule has 0 heterocycles. The summed E-state index contributed by atoms with van der Waals surface area (Å²) in [6.45, 7) is 6.57. The third kappa shape index (κ3) is 6.62. The summed E-state index contributed by atoms with van der Waals surface area (Å²) in [6, 6.07) is 6.12. The Balaban J connectivity index is 2.42. The molecule has 0 aliphatic rings. The van der Waals surface area contributed by atoms with E-state index in [-0.39, 0.29) is 5.91 Å². The van der Waals surface area contributed by atoms with Gasteiger partial charge in [0.1, 0.15) is 0 Å². The number of guanidine groups is 1. The van der Waals surface area contributed by atoms with Gasteiger partial charge in [0, 0.05) is 36.2 Å². The van der Waals surface area contributed by atoms with Gasteiger partial charge in [0.25, 0.3) is 0 Å². The van der Waals surface area contributed by atoms with Crippen molar-refractivity contribution in [1.29, 1.82) is 0 Å². The summed E-state index contributed by atoms with van der Waals surface area (Å²) in [4.78, 5) is 16.0. The highest BCUT2D eigenvalue weighted by Gasteiger charge is 2.06. The molecule has 0 unspecified atom stereocenters. The van der Waals surface area contributed by atoms with Gasteiger partial charge in [-0.25, -0.2) is 0 Å². The summed E-state index contributed by atoms with van der Waals surface area (Å²) in [6.07, 6.45) is 0.380. The normalized spacial score (nSPS) is 11.4. The molecule has 0 bridgehead atoms. The number of hydrogen-bond donors (Lipinski definition) is 3. The number of nitrogens with zero attached hydrogens (tertiary/aromatic N) is 1. The molecule has 1 rings (SSSR count). The number of aliphatic imine (C=N–C) groups is 1. The average molecular weight is 355 g/mol. The van der Waals surface area contributed by atoms with E-state index in [2.05, 4.69) is 36.9 Å². The third-order valence-corrected chi connectivity index (χ3v) is 3.26. The minimum Gasteiger partial charge on any atom is -0.356 e. The van der Waals surface area contributed by atoms with Gasteiger partial charge >= 0.3 is 0 Å². The third-order valence-electron chi connectivity index (χ3n) is 2.77. The highest BCUT2D eigenvalue weighted by Crippen LogP contribution is 2.20. The quantitative estimate of drug-likeness (QED) is 0.562. The Morgan fingerprint density at radius 1 is 1.38 bits per heavy atom. The standard InChI is InChI=1S/C15H23BrN4O/c1-10(2)19-15(17-4)18-8-7-14(21)20-13-9-12(16)6-5-11(13)3/h5-6,9-10H,7-8H2,1-4H3,(H,20,21)(H2,17,18,19). The maximum absolute atomic E-state index is 11.9. The van der Waals surface area contributed by atoms with Crippen LogP contribution in [0.25, 0.3) is 0 Å². The molecule has 1 amide bonds. The smallest absolute Gasteiger partial charge is 0.226 e. The van der Waals surface area contributed by atoms with Gasteiger partial charge in [-0.2, -0.15) is 0 Å². The fourth-order valence-corrected chi connectivity index (χ4v) is 2.07. The van der Waals surface area contributed by atoms with Crippen LogP contribution in [0.2, 0.25) is 0 Å². The second-order valence-corrected chi connectivity index (χ2v) is 5.97. The van der Waals surface area contributed by atoms with Crippen LogP contribution in [-0.2, 0) is 4.79 Å². The van der Waals surface area contributed by atoms with Crippen LogP contribution in [0.4, 0.5) is 5.69 Å². The van der Waals surface area contributed by atoms with Gasteiger partial charge in [0.2, 0.25) is 5.91 Å². The summed E-state index contributed by atoms with van der Waals surface area (Å²) in [7, 11) is 1.71. The van der Waals surface area contributed by atoms with Crippen LogP contribution in [0.15, 0.2) is 27.7 Å². The van der Waals surface area contributed by atoms with E-state index >= 15 is 0 Å².